The van der Waals surface area contributed by atoms with Crippen molar-refractivity contribution >= 4 is 27.4 Å². The van der Waals surface area contributed by atoms with E-state index in [9.17, 15) is 14.9 Å². The van der Waals surface area contributed by atoms with Gasteiger partial charge in [-0.15, -0.1) is 0 Å². The Bertz CT molecular complexity index is 418. The molecule has 0 aromatic heterocycles. The topological polar surface area (TPSA) is 60.2 Å². The molecule has 5 heteroatoms. The van der Waals surface area contributed by atoms with Gasteiger partial charge in [0.15, 0.2) is 5.78 Å². The first kappa shape index (κ1) is 12.8. The Balaban J connectivity index is 3.16. The molecule has 16 heavy (non-hydrogen) atoms. The van der Waals surface area contributed by atoms with Crippen LogP contribution in [0.2, 0.25) is 0 Å². The highest BCUT2D eigenvalue weighted by atomic mass is 79.9. The number of benzene rings is 1. The molecule has 4 nitrogen and oxygen atoms in total. The molecule has 1 rings (SSSR count). The van der Waals surface area contributed by atoms with Gasteiger partial charge in [0.25, 0.3) is 5.69 Å². The third kappa shape index (κ3) is 2.88. The molecule has 0 radical (unpaired) electrons. The number of ketones is 1. The fourth-order valence-corrected chi connectivity index (χ4v) is 1.83. The van der Waals surface area contributed by atoms with Crippen LogP contribution in [0.5, 0.6) is 0 Å². The maximum Gasteiger partial charge on any atom is 0.270 e. The smallest absolute Gasteiger partial charge is 0.270 e. The average Bonchev–Trinajstić information content (AvgIpc) is 2.28. The van der Waals surface area contributed by atoms with Crippen molar-refractivity contribution in [2.24, 2.45) is 0 Å². The number of nitro benzene ring substituents is 1. The Labute approximate surface area is 102 Å². The molecule has 0 saturated carbocycles. The number of alkyl halides is 1. The standard InChI is InChI=1S/C11H12BrNO3/c1-2-8-3-4-9(13(15)16)7-10(8)11(14)5-6-12/h3-4,7H,2,5-6H2,1H3. The fraction of sp³-hybridized carbons (Fsp3) is 0.364. The van der Waals surface area contributed by atoms with Crippen LogP contribution >= 0.6 is 15.9 Å². The number of aryl methyl sites for hydroxylation is 1. The van der Waals surface area contributed by atoms with E-state index in [0.717, 1.165) is 5.56 Å². The lowest BCUT2D eigenvalue weighted by Gasteiger charge is -2.05. The predicted molar refractivity (Wildman–Crippen MR) is 65.2 cm³/mol. The summed E-state index contributed by atoms with van der Waals surface area (Å²) in [6.45, 7) is 1.92. The van der Waals surface area contributed by atoms with E-state index in [2.05, 4.69) is 15.9 Å². The van der Waals surface area contributed by atoms with Crippen LogP contribution in [0, 0.1) is 10.1 Å². The van der Waals surface area contributed by atoms with E-state index in [0.29, 0.717) is 23.7 Å². The van der Waals surface area contributed by atoms with Gasteiger partial charge in [0.05, 0.1) is 4.92 Å². The van der Waals surface area contributed by atoms with Gasteiger partial charge in [-0.05, 0) is 12.0 Å². The zero-order valence-corrected chi connectivity index (χ0v) is 10.5. The van der Waals surface area contributed by atoms with Crippen LogP contribution in [0.4, 0.5) is 5.69 Å². The van der Waals surface area contributed by atoms with Crippen molar-refractivity contribution in [2.45, 2.75) is 19.8 Å². The van der Waals surface area contributed by atoms with E-state index in [1.807, 2.05) is 6.92 Å². The van der Waals surface area contributed by atoms with Crippen molar-refractivity contribution < 1.29 is 9.72 Å². The van der Waals surface area contributed by atoms with Gasteiger partial charge in [-0.2, -0.15) is 0 Å². The second-order valence-corrected chi connectivity index (χ2v) is 4.11. The quantitative estimate of drug-likeness (QED) is 0.361. The van der Waals surface area contributed by atoms with Gasteiger partial charge in [-0.25, -0.2) is 0 Å². The second kappa shape index (κ2) is 5.75. The van der Waals surface area contributed by atoms with Crippen LogP contribution < -0.4 is 0 Å². The van der Waals surface area contributed by atoms with Crippen molar-refractivity contribution in [2.75, 3.05) is 5.33 Å². The molecule has 0 unspecified atom stereocenters. The molecule has 0 heterocycles. The first-order valence-corrected chi connectivity index (χ1v) is 6.08. The third-order valence-electron chi connectivity index (χ3n) is 2.31. The lowest BCUT2D eigenvalue weighted by molar-refractivity contribution is -0.384. The zero-order valence-electron chi connectivity index (χ0n) is 8.90. The highest BCUT2D eigenvalue weighted by Gasteiger charge is 2.15. The van der Waals surface area contributed by atoms with Crippen molar-refractivity contribution in [3.63, 3.8) is 0 Å². The zero-order chi connectivity index (χ0) is 12.1. The number of hydrogen-bond donors (Lipinski definition) is 0. The van der Waals surface area contributed by atoms with E-state index >= 15 is 0 Å². The SMILES string of the molecule is CCc1ccc([N+](=O)[O-])cc1C(=O)CCBr. The summed E-state index contributed by atoms with van der Waals surface area (Å²) in [6.07, 6.45) is 1.05. The number of Topliss-reactive ketones (excluding diaryl/α,β-unsaturated/α-hetero) is 1. The van der Waals surface area contributed by atoms with Gasteiger partial charge < -0.3 is 0 Å². The molecule has 0 aliphatic heterocycles. The second-order valence-electron chi connectivity index (χ2n) is 3.31. The number of carbonyl (C=O) groups excluding carboxylic acids is 1. The van der Waals surface area contributed by atoms with Crippen LogP contribution in [0.1, 0.15) is 29.3 Å². The highest BCUT2D eigenvalue weighted by molar-refractivity contribution is 9.09. The van der Waals surface area contributed by atoms with E-state index in [1.165, 1.54) is 12.1 Å². The predicted octanol–water partition coefficient (Wildman–Crippen LogP) is 3.12. The highest BCUT2D eigenvalue weighted by Crippen LogP contribution is 2.20. The molecule has 1 aromatic rings. The van der Waals surface area contributed by atoms with Crippen LogP contribution in [0.25, 0.3) is 0 Å². The molecule has 0 bridgehead atoms. The van der Waals surface area contributed by atoms with Crippen molar-refractivity contribution in [1.82, 2.24) is 0 Å². The minimum Gasteiger partial charge on any atom is -0.294 e. The molecular formula is C11H12BrNO3. The summed E-state index contributed by atoms with van der Waals surface area (Å²) in [5, 5.41) is 11.2. The summed E-state index contributed by atoms with van der Waals surface area (Å²) in [6, 6.07) is 4.45. The number of nitrogens with zero attached hydrogens (tertiary/aromatic N) is 1. The molecule has 0 N–H and O–H groups in total. The molecule has 0 fully saturated rings. The van der Waals surface area contributed by atoms with Gasteiger partial charge >= 0.3 is 0 Å². The molecule has 0 spiro atoms. The lowest BCUT2D eigenvalue weighted by atomic mass is 9.99. The number of hydrogen-bond acceptors (Lipinski definition) is 3. The van der Waals surface area contributed by atoms with Crippen molar-refractivity contribution in [1.29, 1.82) is 0 Å². The van der Waals surface area contributed by atoms with Crippen molar-refractivity contribution in [3.05, 3.63) is 39.4 Å². The first-order chi connectivity index (χ1) is 7.60. The Morgan fingerprint density at radius 2 is 2.19 bits per heavy atom. The van der Waals surface area contributed by atoms with Gasteiger partial charge in [-0.3, -0.25) is 14.9 Å². The first-order valence-electron chi connectivity index (χ1n) is 4.96. The fourth-order valence-electron chi connectivity index (χ4n) is 1.47. The van der Waals surface area contributed by atoms with E-state index < -0.39 is 4.92 Å². The van der Waals surface area contributed by atoms with Gasteiger partial charge in [0, 0.05) is 29.4 Å². The maximum absolute atomic E-state index is 11.7. The molecule has 1 aromatic carbocycles. The molecular weight excluding hydrogens is 274 g/mol. The van der Waals surface area contributed by atoms with Crippen molar-refractivity contribution in [3.8, 4) is 0 Å². The van der Waals surface area contributed by atoms with E-state index in [4.69, 9.17) is 0 Å². The molecule has 0 saturated heterocycles. The Morgan fingerprint density at radius 1 is 1.50 bits per heavy atom. The number of carbonyl (C=O) groups is 1. The molecule has 86 valence electrons. The summed E-state index contributed by atoms with van der Waals surface area (Å²) in [5.41, 5.74) is 1.29. The molecule has 0 amide bonds. The van der Waals surface area contributed by atoms with Gasteiger partial charge in [0.1, 0.15) is 0 Å². The van der Waals surface area contributed by atoms with E-state index in [-0.39, 0.29) is 11.5 Å². The minimum absolute atomic E-state index is 0.0323. The van der Waals surface area contributed by atoms with Crippen LogP contribution in [-0.2, 0) is 6.42 Å². The van der Waals surface area contributed by atoms with Crippen LogP contribution in [-0.4, -0.2) is 16.0 Å². The van der Waals surface area contributed by atoms with Crippen LogP contribution in [0.3, 0.4) is 0 Å². The summed E-state index contributed by atoms with van der Waals surface area (Å²) in [7, 11) is 0. The summed E-state index contributed by atoms with van der Waals surface area (Å²) in [5.74, 6) is -0.0579. The van der Waals surface area contributed by atoms with Gasteiger partial charge in [0.2, 0.25) is 0 Å². The number of nitro groups is 1. The monoisotopic (exact) mass is 285 g/mol. The van der Waals surface area contributed by atoms with Gasteiger partial charge in [-0.1, -0.05) is 28.9 Å². The Morgan fingerprint density at radius 3 is 2.69 bits per heavy atom. The number of non-ortho nitro benzene ring substituents is 1. The number of halogens is 1. The maximum atomic E-state index is 11.7. The molecule has 0 aliphatic carbocycles. The summed E-state index contributed by atoms with van der Waals surface area (Å²) < 4.78 is 0. The summed E-state index contributed by atoms with van der Waals surface area (Å²) in [4.78, 5) is 21.9. The third-order valence-corrected chi connectivity index (χ3v) is 2.70. The largest absolute Gasteiger partial charge is 0.294 e. The normalized spacial score (nSPS) is 10.1. The molecule has 0 aliphatic rings. The average molecular weight is 286 g/mol. The van der Waals surface area contributed by atoms with E-state index in [1.54, 1.807) is 6.07 Å². The summed E-state index contributed by atoms with van der Waals surface area (Å²) >= 11 is 3.19. The molecule has 0 atom stereocenters. The van der Waals surface area contributed by atoms with Crippen LogP contribution in [0.15, 0.2) is 18.2 Å². The lowest BCUT2D eigenvalue weighted by Crippen LogP contribution is -2.05. The number of rotatable bonds is 5. The Hall–Kier alpha value is -1.23. The Kier molecular flexibility index (Phi) is 4.61. The minimum atomic E-state index is -0.482.